The van der Waals surface area contributed by atoms with Crippen LogP contribution >= 0.6 is 0 Å². The van der Waals surface area contributed by atoms with E-state index in [9.17, 15) is 25.2 Å². The first kappa shape index (κ1) is 30.6. The third-order valence-corrected chi connectivity index (χ3v) is 9.61. The first-order valence-corrected chi connectivity index (χ1v) is 14.8. The summed E-state index contributed by atoms with van der Waals surface area (Å²) in [7, 11) is 0. The number of allylic oxidation sites excluding steroid dienone is 5. The molecule has 2 aliphatic carbocycles. The van der Waals surface area contributed by atoms with E-state index in [4.69, 9.17) is 4.52 Å². The van der Waals surface area contributed by atoms with Crippen molar-refractivity contribution in [2.24, 2.45) is 5.92 Å². The molecule has 5 rings (SSSR count). The standard InChI is InChI=1S/C33H42N4O6/c1-7-9-21(8-2)28-34-30(43-36-28)31(4,5)35-29(41)19(3)24(39)17-33-14-15-37(18-20-10-11-20)25(32(33,6)42)16-22-12-13-23(38)27(40)26(22)33/h7-9,12-13,20,25,38-40,42H,1-2,10-11,14-18H2,3-6H3,(H,35,41)/b21-9+,24-19-. The summed E-state index contributed by atoms with van der Waals surface area (Å²) in [5.41, 5.74) is -1.69. The minimum absolute atomic E-state index is 0.0556. The molecule has 1 saturated heterocycles. The van der Waals surface area contributed by atoms with E-state index in [1.807, 2.05) is 0 Å². The van der Waals surface area contributed by atoms with Crippen molar-refractivity contribution in [3.63, 3.8) is 0 Å². The van der Waals surface area contributed by atoms with Crippen molar-refractivity contribution in [1.82, 2.24) is 20.4 Å². The predicted molar refractivity (Wildman–Crippen MR) is 162 cm³/mol. The largest absolute Gasteiger partial charge is 0.512 e. The van der Waals surface area contributed by atoms with Gasteiger partial charge in [-0.15, -0.1) is 0 Å². The molecule has 2 fully saturated rings. The smallest absolute Gasteiger partial charge is 0.252 e. The summed E-state index contributed by atoms with van der Waals surface area (Å²) in [6.07, 6.45) is 8.04. The Kier molecular flexibility index (Phi) is 7.81. The molecule has 1 saturated carbocycles. The number of aliphatic hydroxyl groups is 2. The third-order valence-electron chi connectivity index (χ3n) is 9.61. The number of hydrogen-bond acceptors (Lipinski definition) is 9. The number of aromatic nitrogens is 2. The number of rotatable bonds is 10. The van der Waals surface area contributed by atoms with Crippen LogP contribution in [0.25, 0.3) is 5.57 Å². The van der Waals surface area contributed by atoms with Gasteiger partial charge in [0.15, 0.2) is 11.5 Å². The van der Waals surface area contributed by atoms with Crippen LogP contribution in [0.3, 0.4) is 0 Å². The van der Waals surface area contributed by atoms with Gasteiger partial charge < -0.3 is 30.3 Å². The number of fused-ring (bicyclic) bond motifs is 4. The molecule has 43 heavy (non-hydrogen) atoms. The van der Waals surface area contributed by atoms with Crippen LogP contribution in [0.5, 0.6) is 11.5 Å². The molecule has 3 unspecified atom stereocenters. The van der Waals surface area contributed by atoms with Gasteiger partial charge in [-0.1, -0.05) is 42.6 Å². The minimum Gasteiger partial charge on any atom is -0.512 e. The monoisotopic (exact) mass is 590 g/mol. The van der Waals surface area contributed by atoms with Gasteiger partial charge >= 0.3 is 0 Å². The van der Waals surface area contributed by atoms with E-state index in [-0.39, 0.29) is 41.2 Å². The van der Waals surface area contributed by atoms with E-state index >= 15 is 0 Å². The normalized spacial score (nSPS) is 26.3. The molecule has 3 aliphatic rings. The van der Waals surface area contributed by atoms with Gasteiger partial charge in [0.1, 0.15) is 11.3 Å². The molecular formula is C33H42N4O6. The number of aliphatic hydroxyl groups excluding tert-OH is 1. The molecule has 1 amide bonds. The van der Waals surface area contributed by atoms with Crippen LogP contribution in [0.1, 0.15) is 76.2 Å². The fourth-order valence-corrected chi connectivity index (χ4v) is 6.80. The van der Waals surface area contributed by atoms with E-state index in [1.165, 1.54) is 25.8 Å². The molecule has 10 nitrogen and oxygen atoms in total. The molecule has 2 bridgehead atoms. The first-order chi connectivity index (χ1) is 20.3. The number of phenols is 2. The van der Waals surface area contributed by atoms with Crippen molar-refractivity contribution < 1.29 is 29.7 Å². The highest BCUT2D eigenvalue weighted by Crippen LogP contribution is 2.58. The average molecular weight is 591 g/mol. The number of benzene rings is 1. The molecule has 230 valence electrons. The number of amides is 1. The number of nitrogens with one attached hydrogen (secondary N) is 1. The fourth-order valence-electron chi connectivity index (χ4n) is 6.80. The number of likely N-dealkylation sites (tertiary alicyclic amines) is 1. The number of piperidine rings is 1. The highest BCUT2D eigenvalue weighted by Gasteiger charge is 2.62. The second-order valence-electron chi connectivity index (χ2n) is 12.9. The quantitative estimate of drug-likeness (QED) is 0.116. The van der Waals surface area contributed by atoms with Crippen LogP contribution in [-0.4, -0.2) is 66.1 Å². The second kappa shape index (κ2) is 11.0. The number of phenolic OH excluding ortho intramolecular Hbond substituents is 2. The fraction of sp³-hybridized carbons (Fsp3) is 0.485. The molecule has 1 aromatic carbocycles. The maximum Gasteiger partial charge on any atom is 0.252 e. The minimum atomic E-state index is -1.37. The molecule has 5 N–H and O–H groups in total. The molecule has 10 heteroatoms. The van der Waals surface area contributed by atoms with Gasteiger partial charge in [0.25, 0.3) is 11.8 Å². The van der Waals surface area contributed by atoms with Crippen molar-refractivity contribution in [2.75, 3.05) is 13.1 Å². The van der Waals surface area contributed by atoms with E-state index in [0.29, 0.717) is 42.3 Å². The third kappa shape index (κ3) is 5.27. The van der Waals surface area contributed by atoms with Crippen molar-refractivity contribution in [1.29, 1.82) is 0 Å². The molecule has 0 radical (unpaired) electrons. The maximum absolute atomic E-state index is 13.5. The Bertz CT molecular complexity index is 1520. The molecule has 1 aromatic heterocycles. The van der Waals surface area contributed by atoms with Crippen LogP contribution in [0.15, 0.2) is 59.4 Å². The van der Waals surface area contributed by atoms with Gasteiger partial charge in [-0.3, -0.25) is 9.69 Å². The Morgan fingerprint density at radius 3 is 2.65 bits per heavy atom. The first-order valence-electron chi connectivity index (χ1n) is 14.8. The zero-order chi connectivity index (χ0) is 31.3. The van der Waals surface area contributed by atoms with Crippen LogP contribution in [0, 0.1) is 5.92 Å². The lowest BCUT2D eigenvalue weighted by molar-refractivity contribution is -0.138. The highest BCUT2D eigenvalue weighted by molar-refractivity contribution is 5.93. The number of aromatic hydroxyl groups is 2. The number of hydrogen-bond donors (Lipinski definition) is 5. The lowest BCUT2D eigenvalue weighted by atomic mass is 9.53. The topological polar surface area (TPSA) is 152 Å². The summed E-state index contributed by atoms with van der Waals surface area (Å²) in [6, 6.07) is 3.00. The van der Waals surface area contributed by atoms with Gasteiger partial charge in [0, 0.05) is 35.6 Å². The Labute approximate surface area is 252 Å². The summed E-state index contributed by atoms with van der Waals surface area (Å²) in [6.45, 7) is 15.7. The van der Waals surface area contributed by atoms with Crippen molar-refractivity contribution >= 4 is 11.5 Å². The van der Waals surface area contributed by atoms with Crippen LogP contribution < -0.4 is 5.32 Å². The molecule has 2 aromatic rings. The van der Waals surface area contributed by atoms with Gasteiger partial charge in [-0.05, 0) is 77.5 Å². The van der Waals surface area contributed by atoms with Gasteiger partial charge in [-0.2, -0.15) is 4.98 Å². The summed E-state index contributed by atoms with van der Waals surface area (Å²) in [4.78, 5) is 20.2. The molecule has 3 atom stereocenters. The van der Waals surface area contributed by atoms with Gasteiger partial charge in [0.2, 0.25) is 5.82 Å². The predicted octanol–water partition coefficient (Wildman–Crippen LogP) is 4.54. The van der Waals surface area contributed by atoms with Gasteiger partial charge in [0.05, 0.1) is 11.2 Å². The number of nitrogens with zero attached hydrogens (tertiary/aromatic N) is 3. The Morgan fingerprint density at radius 2 is 2.00 bits per heavy atom. The highest BCUT2D eigenvalue weighted by atomic mass is 16.5. The summed E-state index contributed by atoms with van der Waals surface area (Å²) in [5, 5.41) is 52.2. The van der Waals surface area contributed by atoms with Crippen molar-refractivity contribution in [2.45, 2.75) is 82.4 Å². The SMILES string of the molecule is C=C/C=C(\C=C)c1noc(C(C)(C)NC(=O)/C(C)=C(\O)CC23CCN(CC4CC4)C(Cc4ccc(O)c(O)c42)C3(C)O)n1. The Morgan fingerprint density at radius 1 is 1.28 bits per heavy atom. The van der Waals surface area contributed by atoms with E-state index in [0.717, 1.165) is 12.1 Å². The van der Waals surface area contributed by atoms with Crippen molar-refractivity contribution in [3.05, 3.63) is 77.7 Å². The number of carbonyl (C=O) groups excluding carboxylic acids is 1. The van der Waals surface area contributed by atoms with Crippen LogP contribution in [-0.2, 0) is 22.2 Å². The van der Waals surface area contributed by atoms with E-state index in [2.05, 4.69) is 33.5 Å². The Balaban J connectivity index is 1.46. The average Bonchev–Trinajstić information content (AvgIpc) is 3.62. The summed E-state index contributed by atoms with van der Waals surface area (Å²) in [5.74, 6) is -0.264. The van der Waals surface area contributed by atoms with E-state index in [1.54, 1.807) is 45.1 Å². The van der Waals surface area contributed by atoms with Crippen molar-refractivity contribution in [3.8, 4) is 11.5 Å². The maximum atomic E-state index is 13.5. The molecule has 2 heterocycles. The lowest BCUT2D eigenvalue weighted by Crippen LogP contribution is -2.70. The molecule has 1 aliphatic heterocycles. The second-order valence-corrected chi connectivity index (χ2v) is 12.9. The Hall–Kier alpha value is -3.89. The van der Waals surface area contributed by atoms with Gasteiger partial charge in [-0.25, -0.2) is 0 Å². The zero-order valence-corrected chi connectivity index (χ0v) is 25.4. The summed E-state index contributed by atoms with van der Waals surface area (Å²) < 4.78 is 5.44. The van der Waals surface area contributed by atoms with E-state index < -0.39 is 22.5 Å². The zero-order valence-electron chi connectivity index (χ0n) is 25.4. The van der Waals surface area contributed by atoms with Crippen LogP contribution in [0.2, 0.25) is 0 Å². The van der Waals surface area contributed by atoms with Crippen LogP contribution in [0.4, 0.5) is 0 Å². The number of carbonyl (C=O) groups is 1. The molecular weight excluding hydrogens is 548 g/mol. The summed E-state index contributed by atoms with van der Waals surface area (Å²) >= 11 is 0. The molecule has 0 spiro atoms. The lowest BCUT2D eigenvalue weighted by Gasteiger charge is -2.60.